The molecular weight excluding hydrogens is 600 g/mol. The summed E-state index contributed by atoms with van der Waals surface area (Å²) in [5.74, 6) is -0.0570. The molecule has 11 heteroatoms. The fourth-order valence-corrected chi connectivity index (χ4v) is 5.16. The summed E-state index contributed by atoms with van der Waals surface area (Å²) in [6.07, 6.45) is 1.65. The van der Waals surface area contributed by atoms with E-state index in [1.807, 2.05) is 0 Å². The third-order valence-electron chi connectivity index (χ3n) is 4.89. The summed E-state index contributed by atoms with van der Waals surface area (Å²) < 4.78 is 19.1. The van der Waals surface area contributed by atoms with E-state index in [2.05, 4.69) is 36.9 Å². The number of hydrogen-bond donors (Lipinski definition) is 0. The van der Waals surface area contributed by atoms with Crippen LogP contribution in [0.5, 0.6) is 0 Å². The SMILES string of the molecule is COCCOC(=O)C1=C(C)N=c2sc(=Cc3cc(Br)c(Br)o3)c(=O)n2C1c1ccc(Cl)cc1. The molecule has 172 valence electrons. The molecule has 1 unspecified atom stereocenters. The Kier molecular flexibility index (Phi) is 7.40. The lowest BCUT2D eigenvalue weighted by Gasteiger charge is -2.24. The number of allylic oxidation sites excluding steroid dienone is 1. The molecule has 0 N–H and O–H groups in total. The van der Waals surface area contributed by atoms with Crippen molar-refractivity contribution in [2.75, 3.05) is 20.3 Å². The largest absolute Gasteiger partial charge is 0.460 e. The predicted molar refractivity (Wildman–Crippen MR) is 132 cm³/mol. The summed E-state index contributed by atoms with van der Waals surface area (Å²) in [7, 11) is 1.52. The molecule has 0 radical (unpaired) electrons. The number of rotatable bonds is 6. The first-order valence-electron chi connectivity index (χ1n) is 9.69. The van der Waals surface area contributed by atoms with Crippen LogP contribution in [0.3, 0.4) is 0 Å². The summed E-state index contributed by atoms with van der Waals surface area (Å²) in [6, 6.07) is 8.04. The molecule has 3 aromatic rings. The molecule has 7 nitrogen and oxygen atoms in total. The van der Waals surface area contributed by atoms with Gasteiger partial charge in [-0.1, -0.05) is 35.1 Å². The van der Waals surface area contributed by atoms with Gasteiger partial charge in [0.2, 0.25) is 0 Å². The normalized spacial score (nSPS) is 16.0. The predicted octanol–water partition coefficient (Wildman–Crippen LogP) is 4.20. The number of halogens is 3. The van der Waals surface area contributed by atoms with Crippen molar-refractivity contribution in [3.8, 4) is 0 Å². The van der Waals surface area contributed by atoms with E-state index in [0.717, 1.165) is 4.47 Å². The number of carbonyl (C=O) groups excluding carboxylic acids is 1. The van der Waals surface area contributed by atoms with Gasteiger partial charge in [0.05, 0.1) is 32.9 Å². The standard InChI is InChI=1S/C22H17Br2ClN2O5S/c1-11-17(21(29)31-8-7-30-2)18(12-3-5-13(25)6-4-12)27-20(28)16(33-22(27)26-11)10-14-9-15(23)19(24)32-14/h3-6,9-10,18H,7-8H2,1-2H3. The molecule has 0 spiro atoms. The van der Waals surface area contributed by atoms with E-state index in [0.29, 0.717) is 36.0 Å². The number of nitrogens with zero attached hydrogens (tertiary/aromatic N) is 2. The van der Waals surface area contributed by atoms with Gasteiger partial charge < -0.3 is 13.9 Å². The quantitative estimate of drug-likeness (QED) is 0.307. The third-order valence-corrected chi connectivity index (χ3v) is 7.83. The van der Waals surface area contributed by atoms with Crippen molar-refractivity contribution < 1.29 is 18.7 Å². The molecule has 0 saturated carbocycles. The maximum Gasteiger partial charge on any atom is 0.338 e. The maximum absolute atomic E-state index is 13.5. The number of furan rings is 1. The lowest BCUT2D eigenvalue weighted by atomic mass is 9.96. The second-order valence-corrected chi connectivity index (χ2v) is 10.1. The molecular formula is C22H17Br2ClN2O5S. The third kappa shape index (κ3) is 4.95. The fraction of sp³-hybridized carbons (Fsp3) is 0.227. The van der Waals surface area contributed by atoms with Crippen molar-refractivity contribution in [1.82, 2.24) is 4.57 Å². The van der Waals surface area contributed by atoms with Crippen LogP contribution < -0.4 is 14.9 Å². The minimum Gasteiger partial charge on any atom is -0.460 e. The molecule has 1 aliphatic rings. The summed E-state index contributed by atoms with van der Waals surface area (Å²) >= 11 is 14.0. The van der Waals surface area contributed by atoms with Crippen LogP contribution in [0, 0.1) is 0 Å². The van der Waals surface area contributed by atoms with Crippen molar-refractivity contribution in [3.63, 3.8) is 0 Å². The second kappa shape index (κ2) is 10.1. The minimum absolute atomic E-state index is 0.0894. The van der Waals surface area contributed by atoms with Gasteiger partial charge in [0.1, 0.15) is 12.4 Å². The number of thiazole rings is 1. The Hall–Kier alpha value is -1.98. The Morgan fingerprint density at radius 1 is 1.30 bits per heavy atom. The van der Waals surface area contributed by atoms with Crippen LogP contribution in [0.25, 0.3) is 6.08 Å². The van der Waals surface area contributed by atoms with Gasteiger partial charge in [-0.3, -0.25) is 9.36 Å². The zero-order chi connectivity index (χ0) is 23.7. The minimum atomic E-state index is -0.717. The van der Waals surface area contributed by atoms with Crippen molar-refractivity contribution in [2.45, 2.75) is 13.0 Å². The Balaban J connectivity index is 1.88. The van der Waals surface area contributed by atoms with E-state index >= 15 is 0 Å². The number of methoxy groups -OCH3 is 1. The molecule has 1 aliphatic heterocycles. The Labute approximate surface area is 214 Å². The summed E-state index contributed by atoms with van der Waals surface area (Å²) in [6.45, 7) is 2.08. The second-order valence-electron chi connectivity index (χ2n) is 7.03. The molecule has 33 heavy (non-hydrogen) atoms. The molecule has 1 atom stereocenters. The van der Waals surface area contributed by atoms with E-state index < -0.39 is 12.0 Å². The zero-order valence-electron chi connectivity index (χ0n) is 17.4. The molecule has 0 aliphatic carbocycles. The highest BCUT2D eigenvalue weighted by Crippen LogP contribution is 2.31. The number of esters is 1. The van der Waals surface area contributed by atoms with E-state index in [-0.39, 0.29) is 24.3 Å². The topological polar surface area (TPSA) is 83.0 Å². The van der Waals surface area contributed by atoms with E-state index in [4.69, 9.17) is 25.5 Å². The average Bonchev–Trinajstić information content (AvgIpc) is 3.25. The maximum atomic E-state index is 13.5. The molecule has 0 amide bonds. The van der Waals surface area contributed by atoms with E-state index in [1.165, 1.54) is 23.0 Å². The Morgan fingerprint density at radius 3 is 2.67 bits per heavy atom. The highest BCUT2D eigenvalue weighted by atomic mass is 79.9. The van der Waals surface area contributed by atoms with Gasteiger partial charge in [-0.2, -0.15) is 0 Å². The molecule has 1 aromatic carbocycles. The summed E-state index contributed by atoms with van der Waals surface area (Å²) in [5.41, 5.74) is 1.19. The molecule has 0 fully saturated rings. The number of carbonyl (C=O) groups is 1. The summed E-state index contributed by atoms with van der Waals surface area (Å²) in [5, 5.41) is 0.546. The molecule has 3 heterocycles. The average molecular weight is 617 g/mol. The fourth-order valence-electron chi connectivity index (χ4n) is 3.40. The van der Waals surface area contributed by atoms with Crippen LogP contribution in [-0.2, 0) is 14.3 Å². The number of aromatic nitrogens is 1. The lowest BCUT2D eigenvalue weighted by Crippen LogP contribution is -2.40. The lowest BCUT2D eigenvalue weighted by molar-refractivity contribution is -0.140. The molecule has 0 saturated heterocycles. The van der Waals surface area contributed by atoms with Gasteiger partial charge in [-0.15, -0.1) is 0 Å². The van der Waals surface area contributed by atoms with Gasteiger partial charge >= 0.3 is 5.97 Å². The van der Waals surface area contributed by atoms with Crippen LogP contribution in [0.1, 0.15) is 24.3 Å². The first-order chi connectivity index (χ1) is 15.8. The van der Waals surface area contributed by atoms with Crippen molar-refractivity contribution in [3.05, 3.63) is 86.8 Å². The van der Waals surface area contributed by atoms with Crippen molar-refractivity contribution >= 4 is 66.8 Å². The Morgan fingerprint density at radius 2 is 2.03 bits per heavy atom. The molecule has 2 aromatic heterocycles. The number of hydrogen-bond acceptors (Lipinski definition) is 7. The van der Waals surface area contributed by atoms with Crippen LogP contribution in [0.15, 0.2) is 64.9 Å². The van der Waals surface area contributed by atoms with E-state index in [1.54, 1.807) is 43.3 Å². The van der Waals surface area contributed by atoms with Gasteiger partial charge in [-0.25, -0.2) is 9.79 Å². The zero-order valence-corrected chi connectivity index (χ0v) is 22.2. The van der Waals surface area contributed by atoms with Gasteiger partial charge in [0, 0.05) is 18.2 Å². The smallest absolute Gasteiger partial charge is 0.338 e. The first kappa shape index (κ1) is 24.2. The number of fused-ring (bicyclic) bond motifs is 1. The monoisotopic (exact) mass is 614 g/mol. The van der Waals surface area contributed by atoms with E-state index in [9.17, 15) is 9.59 Å². The van der Waals surface area contributed by atoms with Crippen LogP contribution in [0.2, 0.25) is 5.02 Å². The van der Waals surface area contributed by atoms with Crippen LogP contribution >= 0.6 is 54.8 Å². The van der Waals surface area contributed by atoms with Crippen molar-refractivity contribution in [1.29, 1.82) is 0 Å². The van der Waals surface area contributed by atoms with Crippen LogP contribution in [-0.4, -0.2) is 30.9 Å². The van der Waals surface area contributed by atoms with Gasteiger partial charge in [-0.05, 0) is 62.5 Å². The highest BCUT2D eigenvalue weighted by Gasteiger charge is 2.33. The van der Waals surface area contributed by atoms with Crippen molar-refractivity contribution in [2.24, 2.45) is 4.99 Å². The highest BCUT2D eigenvalue weighted by molar-refractivity contribution is 9.13. The van der Waals surface area contributed by atoms with Gasteiger partial charge in [0.25, 0.3) is 5.56 Å². The number of ether oxygens (including phenoxy) is 2. The first-order valence-corrected chi connectivity index (χ1v) is 12.5. The number of benzene rings is 1. The van der Waals surface area contributed by atoms with Gasteiger partial charge in [0.15, 0.2) is 9.47 Å². The molecule has 0 bridgehead atoms. The van der Waals surface area contributed by atoms with Crippen LogP contribution in [0.4, 0.5) is 0 Å². The molecule has 4 rings (SSSR count). The summed E-state index contributed by atoms with van der Waals surface area (Å²) in [4.78, 5) is 31.5. The Bertz CT molecular complexity index is 1400.